The van der Waals surface area contributed by atoms with Crippen molar-refractivity contribution in [3.05, 3.63) is 34.9 Å². The minimum atomic E-state index is -1.19. The van der Waals surface area contributed by atoms with Gasteiger partial charge in [0.05, 0.1) is 44.5 Å². The van der Waals surface area contributed by atoms with Gasteiger partial charge in [-0.05, 0) is 67.2 Å². The van der Waals surface area contributed by atoms with Crippen LogP contribution in [0.4, 0.5) is 0 Å². The van der Waals surface area contributed by atoms with Crippen LogP contribution in [0.15, 0.2) is 23.8 Å². The molecule has 2 heterocycles. The SMILES string of the molecule is COc1cc(CO)cc2c1O[C@@H]1[C@@H](O)[C@H](N(C[C@H]3CCCO3)C(=O)CO[C@H]3C[C@@H](C)CC[C@@H]3C(C)C)C=C(C(=O)NCCO)[C@H]21. The van der Waals surface area contributed by atoms with E-state index >= 15 is 0 Å². The molecular weight excluding hydrogens is 580 g/mol. The van der Waals surface area contributed by atoms with Crippen molar-refractivity contribution in [3.8, 4) is 11.5 Å². The van der Waals surface area contributed by atoms with Gasteiger partial charge in [0.15, 0.2) is 11.5 Å². The molecule has 4 aliphatic rings. The number of benzene rings is 1. The molecule has 2 aliphatic carbocycles. The minimum absolute atomic E-state index is 0.0286. The zero-order valence-electron chi connectivity index (χ0n) is 26.9. The highest BCUT2D eigenvalue weighted by atomic mass is 16.5. The Morgan fingerprint density at radius 2 is 1.98 bits per heavy atom. The number of amides is 2. The first kappa shape index (κ1) is 33.7. The number of fused-ring (bicyclic) bond motifs is 3. The van der Waals surface area contributed by atoms with Gasteiger partial charge in [0.25, 0.3) is 0 Å². The minimum Gasteiger partial charge on any atom is -0.493 e. The lowest BCUT2D eigenvalue weighted by Crippen LogP contribution is -2.57. The quantitative estimate of drug-likeness (QED) is 0.273. The lowest BCUT2D eigenvalue weighted by atomic mass is 9.75. The van der Waals surface area contributed by atoms with Gasteiger partial charge in [0.2, 0.25) is 11.8 Å². The van der Waals surface area contributed by atoms with E-state index in [4.69, 9.17) is 18.9 Å². The first-order valence-electron chi connectivity index (χ1n) is 16.5. The number of carbonyl (C=O) groups excluding carboxylic acids is 2. The normalized spacial score (nSPS) is 30.7. The number of hydrogen-bond acceptors (Lipinski definition) is 9. The summed E-state index contributed by atoms with van der Waals surface area (Å²) in [5.41, 5.74) is 1.50. The molecule has 2 amide bonds. The van der Waals surface area contributed by atoms with Crippen LogP contribution in [0.25, 0.3) is 0 Å². The van der Waals surface area contributed by atoms with Gasteiger partial charge in [-0.3, -0.25) is 9.59 Å². The Kier molecular flexibility index (Phi) is 11.1. The molecule has 0 spiro atoms. The Hall–Kier alpha value is -2.70. The van der Waals surface area contributed by atoms with E-state index in [0.29, 0.717) is 52.6 Å². The van der Waals surface area contributed by atoms with Crippen LogP contribution in [0, 0.1) is 17.8 Å². The van der Waals surface area contributed by atoms with Crippen molar-refractivity contribution >= 4 is 11.8 Å². The third-order valence-electron chi connectivity index (χ3n) is 9.98. The molecule has 2 fully saturated rings. The molecule has 1 aromatic carbocycles. The van der Waals surface area contributed by atoms with Gasteiger partial charge in [-0.1, -0.05) is 27.2 Å². The fraction of sp³-hybridized carbons (Fsp3) is 0.706. The maximum Gasteiger partial charge on any atom is 0.249 e. The van der Waals surface area contributed by atoms with Crippen molar-refractivity contribution in [2.24, 2.45) is 17.8 Å². The Bertz CT molecular complexity index is 1230. The second kappa shape index (κ2) is 14.8. The third-order valence-corrected chi connectivity index (χ3v) is 9.98. The summed E-state index contributed by atoms with van der Waals surface area (Å²) in [6, 6.07) is 2.52. The number of aliphatic hydroxyl groups is 3. The number of nitrogens with zero attached hydrogens (tertiary/aromatic N) is 1. The molecule has 0 bridgehead atoms. The summed E-state index contributed by atoms with van der Waals surface area (Å²) < 4.78 is 24.2. The maximum absolute atomic E-state index is 14.1. The molecule has 1 aromatic rings. The molecule has 0 radical (unpaired) electrons. The van der Waals surface area contributed by atoms with Gasteiger partial charge in [0, 0.05) is 30.8 Å². The van der Waals surface area contributed by atoms with Crippen LogP contribution >= 0.6 is 0 Å². The molecule has 250 valence electrons. The molecule has 11 heteroatoms. The highest BCUT2D eigenvalue weighted by Gasteiger charge is 2.52. The fourth-order valence-electron chi connectivity index (χ4n) is 7.58. The third kappa shape index (κ3) is 7.17. The average molecular weight is 631 g/mol. The van der Waals surface area contributed by atoms with Crippen molar-refractivity contribution in [1.29, 1.82) is 0 Å². The van der Waals surface area contributed by atoms with E-state index in [-0.39, 0.29) is 51.0 Å². The number of hydrogen-bond donors (Lipinski definition) is 4. The van der Waals surface area contributed by atoms with E-state index in [1.807, 2.05) is 0 Å². The first-order valence-corrected chi connectivity index (χ1v) is 16.5. The summed E-state index contributed by atoms with van der Waals surface area (Å²) >= 11 is 0. The van der Waals surface area contributed by atoms with Crippen LogP contribution in [0.1, 0.15) is 69.9 Å². The Morgan fingerprint density at radius 1 is 1.18 bits per heavy atom. The fourth-order valence-corrected chi connectivity index (χ4v) is 7.58. The Labute approximate surface area is 265 Å². The van der Waals surface area contributed by atoms with Crippen molar-refractivity contribution < 1.29 is 43.9 Å². The largest absolute Gasteiger partial charge is 0.493 e. The van der Waals surface area contributed by atoms with Gasteiger partial charge in [-0.25, -0.2) is 0 Å². The second-order valence-corrected chi connectivity index (χ2v) is 13.4. The molecule has 11 nitrogen and oxygen atoms in total. The van der Waals surface area contributed by atoms with Gasteiger partial charge < -0.3 is 44.5 Å². The van der Waals surface area contributed by atoms with Crippen LogP contribution in [0.3, 0.4) is 0 Å². The molecular formula is C34H50N2O9. The summed E-state index contributed by atoms with van der Waals surface area (Å²) in [6.45, 7) is 6.87. The van der Waals surface area contributed by atoms with Gasteiger partial charge in [-0.2, -0.15) is 0 Å². The molecule has 2 aliphatic heterocycles. The molecule has 1 saturated carbocycles. The number of rotatable bonds is 12. The molecule has 4 N–H and O–H groups in total. The Morgan fingerprint density at radius 3 is 2.64 bits per heavy atom. The smallest absolute Gasteiger partial charge is 0.249 e. The maximum atomic E-state index is 14.1. The molecule has 0 aromatic heterocycles. The zero-order chi connectivity index (χ0) is 32.2. The summed E-state index contributed by atoms with van der Waals surface area (Å²) in [6.07, 6.45) is 4.11. The van der Waals surface area contributed by atoms with Crippen LogP contribution in [0.2, 0.25) is 0 Å². The van der Waals surface area contributed by atoms with Gasteiger partial charge >= 0.3 is 0 Å². The lowest BCUT2D eigenvalue weighted by molar-refractivity contribution is -0.149. The van der Waals surface area contributed by atoms with Crippen molar-refractivity contribution in [1.82, 2.24) is 10.2 Å². The number of methoxy groups -OCH3 is 1. The number of nitrogens with one attached hydrogen (secondary N) is 1. The summed E-state index contributed by atoms with van der Waals surface area (Å²) in [7, 11) is 1.49. The van der Waals surface area contributed by atoms with E-state index < -0.39 is 30.1 Å². The number of aliphatic hydroxyl groups excluding tert-OH is 3. The standard InChI is InChI=1S/C34H50N2O9/c1-19(2)23-8-7-20(3)12-27(23)44-18-29(39)36(16-22-6-5-11-43-22)26-15-25(34(41)35-9-10-37)30-24-13-21(17-38)14-28(42-4)32(24)45-33(30)31(26)40/h13-15,19-20,22-23,26-27,30-31,33,37-38,40H,5-12,16-18H2,1-4H3,(H,35,41)/t20-,22+,23+,26+,27-,30-,31-,33-/m0/s1. The van der Waals surface area contributed by atoms with Crippen molar-refractivity contribution in [3.63, 3.8) is 0 Å². The highest BCUT2D eigenvalue weighted by Crippen LogP contribution is 2.51. The second-order valence-electron chi connectivity index (χ2n) is 13.4. The van der Waals surface area contributed by atoms with Crippen molar-refractivity contribution in [2.45, 2.75) is 95.9 Å². The summed E-state index contributed by atoms with van der Waals surface area (Å²) in [5, 5.41) is 34.0. The zero-order valence-corrected chi connectivity index (χ0v) is 26.9. The van der Waals surface area contributed by atoms with E-state index in [0.717, 1.165) is 32.1 Å². The predicted molar refractivity (Wildman–Crippen MR) is 166 cm³/mol. The first-order chi connectivity index (χ1) is 21.7. The topological polar surface area (TPSA) is 147 Å². The molecule has 5 rings (SSSR count). The van der Waals surface area contributed by atoms with Gasteiger partial charge in [0.1, 0.15) is 18.8 Å². The van der Waals surface area contributed by atoms with E-state index in [9.17, 15) is 24.9 Å². The van der Waals surface area contributed by atoms with E-state index in [2.05, 4.69) is 26.1 Å². The average Bonchev–Trinajstić information content (AvgIpc) is 3.69. The summed E-state index contributed by atoms with van der Waals surface area (Å²) in [5.74, 6) is 0.694. The monoisotopic (exact) mass is 630 g/mol. The molecule has 45 heavy (non-hydrogen) atoms. The van der Waals surface area contributed by atoms with E-state index in [1.54, 1.807) is 23.1 Å². The van der Waals surface area contributed by atoms with Crippen LogP contribution < -0.4 is 14.8 Å². The van der Waals surface area contributed by atoms with Gasteiger partial charge in [-0.15, -0.1) is 0 Å². The predicted octanol–water partition coefficient (Wildman–Crippen LogP) is 2.30. The summed E-state index contributed by atoms with van der Waals surface area (Å²) in [4.78, 5) is 29.3. The Balaban J connectivity index is 1.48. The van der Waals surface area contributed by atoms with Crippen LogP contribution in [-0.4, -0.2) is 103 Å². The molecule has 0 unspecified atom stereocenters. The van der Waals surface area contributed by atoms with Crippen LogP contribution in [-0.2, 0) is 25.7 Å². The van der Waals surface area contributed by atoms with Crippen LogP contribution in [0.5, 0.6) is 11.5 Å². The van der Waals surface area contributed by atoms with Crippen molar-refractivity contribution in [2.75, 3.05) is 40.0 Å². The highest BCUT2D eigenvalue weighted by molar-refractivity contribution is 5.96. The number of ether oxygens (including phenoxy) is 4. The van der Waals surface area contributed by atoms with E-state index in [1.165, 1.54) is 7.11 Å². The molecule has 1 saturated heterocycles. The lowest BCUT2D eigenvalue weighted by Gasteiger charge is -2.42. The number of carbonyl (C=O) groups is 2. The molecule has 8 atom stereocenters.